The highest BCUT2D eigenvalue weighted by molar-refractivity contribution is 5.95. The fraction of sp³-hybridized carbons (Fsp3) is 0.529. The van der Waals surface area contributed by atoms with Gasteiger partial charge >= 0.3 is 5.97 Å². The Kier molecular flexibility index (Phi) is 3.15. The van der Waals surface area contributed by atoms with E-state index in [1.54, 1.807) is 0 Å². The third-order valence-electron chi connectivity index (χ3n) is 5.19. The first-order chi connectivity index (χ1) is 9.66. The van der Waals surface area contributed by atoms with Crippen LogP contribution in [-0.4, -0.2) is 18.9 Å². The number of carbonyl (C=O) groups excluding carboxylic acids is 2. The molecule has 2 unspecified atom stereocenters. The molecule has 0 heterocycles. The van der Waals surface area contributed by atoms with E-state index < -0.39 is 0 Å². The molecule has 1 aromatic carbocycles. The lowest BCUT2D eigenvalue weighted by atomic mass is 9.80. The van der Waals surface area contributed by atoms with Crippen LogP contribution in [0.2, 0.25) is 0 Å². The van der Waals surface area contributed by atoms with Gasteiger partial charge in [-0.3, -0.25) is 9.59 Å². The highest BCUT2D eigenvalue weighted by Gasteiger charge is 2.72. The largest absolute Gasteiger partial charge is 0.469 e. The predicted molar refractivity (Wildman–Crippen MR) is 75.1 cm³/mol. The van der Waals surface area contributed by atoms with Crippen LogP contribution in [0, 0.1) is 17.8 Å². The highest BCUT2D eigenvalue weighted by atomic mass is 16.5. The molecule has 3 heteroatoms. The van der Waals surface area contributed by atoms with Crippen molar-refractivity contribution in [2.75, 3.05) is 7.11 Å². The number of rotatable bonds is 4. The highest BCUT2D eigenvalue weighted by Crippen LogP contribution is 2.70. The van der Waals surface area contributed by atoms with E-state index in [-0.39, 0.29) is 17.3 Å². The van der Waals surface area contributed by atoms with Crippen molar-refractivity contribution in [3.8, 4) is 0 Å². The van der Waals surface area contributed by atoms with E-state index >= 15 is 0 Å². The number of carbonyl (C=O) groups is 2. The number of methoxy groups -OCH3 is 1. The zero-order valence-corrected chi connectivity index (χ0v) is 12.0. The standard InChI is InChI=1S/C17H20O3/c1-3-15(18)17(12-7-5-4-6-8-12)13-9-11(10-14(13)17)16(19)20-2/h4-8,11,13-14H,3,9-10H2,1-2H3/t11?,13-,14+,17?. The molecule has 1 aromatic rings. The van der Waals surface area contributed by atoms with Crippen molar-refractivity contribution in [2.45, 2.75) is 31.6 Å². The average Bonchev–Trinajstić information content (AvgIpc) is 2.90. The second kappa shape index (κ2) is 4.72. The van der Waals surface area contributed by atoms with Gasteiger partial charge in [0.2, 0.25) is 0 Å². The maximum Gasteiger partial charge on any atom is 0.308 e. The number of Topliss-reactive ketones (excluding diaryl/α,β-unsaturated/α-hetero) is 1. The van der Waals surface area contributed by atoms with Crippen LogP contribution in [0.15, 0.2) is 30.3 Å². The zero-order valence-electron chi connectivity index (χ0n) is 12.0. The lowest BCUT2D eigenvalue weighted by Crippen LogP contribution is -2.29. The second-order valence-corrected chi connectivity index (χ2v) is 5.92. The molecule has 0 radical (unpaired) electrons. The number of esters is 1. The fourth-order valence-electron chi connectivity index (χ4n) is 4.32. The van der Waals surface area contributed by atoms with E-state index in [1.807, 2.05) is 25.1 Å². The smallest absolute Gasteiger partial charge is 0.308 e. The summed E-state index contributed by atoms with van der Waals surface area (Å²) in [6.07, 6.45) is 2.14. The summed E-state index contributed by atoms with van der Waals surface area (Å²) in [5.74, 6) is 0.824. The predicted octanol–water partition coefficient (Wildman–Crippen LogP) is 2.73. The first-order valence-corrected chi connectivity index (χ1v) is 7.32. The van der Waals surface area contributed by atoms with Gasteiger partial charge in [-0.25, -0.2) is 0 Å². The summed E-state index contributed by atoms with van der Waals surface area (Å²) >= 11 is 0. The van der Waals surface area contributed by atoms with Crippen molar-refractivity contribution in [1.29, 1.82) is 0 Å². The van der Waals surface area contributed by atoms with Crippen molar-refractivity contribution in [1.82, 2.24) is 0 Å². The van der Waals surface area contributed by atoms with Gasteiger partial charge in [0, 0.05) is 6.42 Å². The van der Waals surface area contributed by atoms with Gasteiger partial charge in [0.15, 0.2) is 0 Å². The minimum absolute atomic E-state index is 0.0171. The van der Waals surface area contributed by atoms with Gasteiger partial charge in [-0.05, 0) is 30.2 Å². The summed E-state index contributed by atoms with van der Waals surface area (Å²) in [5, 5.41) is 0. The van der Waals surface area contributed by atoms with Crippen molar-refractivity contribution in [3.05, 3.63) is 35.9 Å². The van der Waals surface area contributed by atoms with Gasteiger partial charge in [-0.2, -0.15) is 0 Å². The minimum Gasteiger partial charge on any atom is -0.469 e. The molecule has 0 aliphatic heterocycles. The van der Waals surface area contributed by atoms with Gasteiger partial charge in [0.1, 0.15) is 5.78 Å². The number of benzene rings is 1. The lowest BCUT2D eigenvalue weighted by molar-refractivity contribution is -0.146. The summed E-state index contributed by atoms with van der Waals surface area (Å²) < 4.78 is 4.84. The van der Waals surface area contributed by atoms with Crippen LogP contribution >= 0.6 is 0 Å². The maximum absolute atomic E-state index is 12.5. The summed E-state index contributed by atoms with van der Waals surface area (Å²) in [5.41, 5.74) is 0.811. The molecule has 4 atom stereocenters. The Morgan fingerprint density at radius 3 is 2.30 bits per heavy atom. The molecular formula is C17H20O3. The molecule has 0 N–H and O–H groups in total. The van der Waals surface area contributed by atoms with Crippen LogP contribution in [0.5, 0.6) is 0 Å². The Hall–Kier alpha value is -1.64. The molecule has 2 fully saturated rings. The van der Waals surface area contributed by atoms with E-state index in [0.29, 0.717) is 24.0 Å². The Labute approximate surface area is 119 Å². The number of hydrogen-bond acceptors (Lipinski definition) is 3. The summed E-state index contributed by atoms with van der Waals surface area (Å²) in [6.45, 7) is 1.93. The van der Waals surface area contributed by atoms with E-state index in [0.717, 1.165) is 18.4 Å². The van der Waals surface area contributed by atoms with Crippen LogP contribution < -0.4 is 0 Å². The second-order valence-electron chi connectivity index (χ2n) is 5.92. The molecule has 0 amide bonds. The average molecular weight is 272 g/mol. The van der Waals surface area contributed by atoms with Crippen LogP contribution in [0.3, 0.4) is 0 Å². The summed E-state index contributed by atoms with van der Waals surface area (Å²) in [6, 6.07) is 10.1. The summed E-state index contributed by atoms with van der Waals surface area (Å²) in [4.78, 5) is 24.2. The molecule has 3 nitrogen and oxygen atoms in total. The lowest BCUT2D eigenvalue weighted by Gasteiger charge is -2.22. The summed E-state index contributed by atoms with van der Waals surface area (Å²) in [7, 11) is 1.44. The molecular weight excluding hydrogens is 252 g/mol. The normalized spacial score (nSPS) is 34.4. The zero-order chi connectivity index (χ0) is 14.3. The van der Waals surface area contributed by atoms with Crippen molar-refractivity contribution >= 4 is 11.8 Å². The Bertz CT molecular complexity index is 522. The van der Waals surface area contributed by atoms with Gasteiger partial charge in [-0.1, -0.05) is 37.3 Å². The van der Waals surface area contributed by atoms with E-state index in [4.69, 9.17) is 4.74 Å². The quantitative estimate of drug-likeness (QED) is 0.792. The Balaban J connectivity index is 1.88. The number of hydrogen-bond donors (Lipinski definition) is 0. The SMILES string of the molecule is CCC(=O)C1(c2ccccc2)[C@@H]2CC(C(=O)OC)C[C@@H]21. The Morgan fingerprint density at radius 2 is 1.80 bits per heavy atom. The number of ether oxygens (including phenoxy) is 1. The van der Waals surface area contributed by atoms with Crippen molar-refractivity contribution in [3.63, 3.8) is 0 Å². The monoisotopic (exact) mass is 272 g/mol. The van der Waals surface area contributed by atoms with Crippen LogP contribution in [0.1, 0.15) is 31.7 Å². The van der Waals surface area contributed by atoms with Crippen molar-refractivity contribution < 1.29 is 14.3 Å². The molecule has 3 rings (SSSR count). The van der Waals surface area contributed by atoms with E-state index in [2.05, 4.69) is 12.1 Å². The molecule has 0 saturated heterocycles. The molecule has 0 aromatic heterocycles. The van der Waals surface area contributed by atoms with Crippen LogP contribution in [-0.2, 0) is 19.7 Å². The Morgan fingerprint density at radius 1 is 1.20 bits per heavy atom. The number of fused-ring (bicyclic) bond motifs is 1. The van der Waals surface area contributed by atoms with Crippen LogP contribution in [0.4, 0.5) is 0 Å². The van der Waals surface area contributed by atoms with E-state index in [1.165, 1.54) is 7.11 Å². The first-order valence-electron chi connectivity index (χ1n) is 7.32. The molecule has 106 valence electrons. The molecule has 2 aliphatic carbocycles. The van der Waals surface area contributed by atoms with E-state index in [9.17, 15) is 9.59 Å². The molecule has 0 spiro atoms. The van der Waals surface area contributed by atoms with Gasteiger partial charge in [-0.15, -0.1) is 0 Å². The molecule has 20 heavy (non-hydrogen) atoms. The van der Waals surface area contributed by atoms with Crippen molar-refractivity contribution in [2.24, 2.45) is 17.8 Å². The fourth-order valence-corrected chi connectivity index (χ4v) is 4.32. The van der Waals surface area contributed by atoms with Gasteiger partial charge in [0.25, 0.3) is 0 Å². The third-order valence-corrected chi connectivity index (χ3v) is 5.19. The maximum atomic E-state index is 12.5. The third kappa shape index (κ3) is 1.65. The number of ketones is 1. The molecule has 0 bridgehead atoms. The van der Waals surface area contributed by atoms with Gasteiger partial charge in [0.05, 0.1) is 18.4 Å². The first kappa shape index (κ1) is 13.3. The molecule has 2 saturated carbocycles. The van der Waals surface area contributed by atoms with Gasteiger partial charge < -0.3 is 4.74 Å². The topological polar surface area (TPSA) is 43.4 Å². The van der Waals surface area contributed by atoms with Crippen LogP contribution in [0.25, 0.3) is 0 Å². The molecule has 2 aliphatic rings. The minimum atomic E-state index is -0.319.